The fourth-order valence-corrected chi connectivity index (χ4v) is 3.32. The Balaban J connectivity index is 1.67. The summed E-state index contributed by atoms with van der Waals surface area (Å²) in [6.07, 6.45) is 0.489. The maximum absolute atomic E-state index is 12.2. The zero-order valence-electron chi connectivity index (χ0n) is 15.5. The summed E-state index contributed by atoms with van der Waals surface area (Å²) in [5, 5.41) is 10.3. The molecular weight excluding hydrogens is 378 g/mol. The summed E-state index contributed by atoms with van der Waals surface area (Å²) in [6, 6.07) is 11.3. The number of ether oxygens (including phenoxy) is 1. The van der Waals surface area contributed by atoms with Crippen molar-refractivity contribution in [1.82, 2.24) is 9.97 Å². The fraction of sp³-hybridized carbons (Fsp3) is 0.238. The number of esters is 1. The number of rotatable bonds is 5. The first-order chi connectivity index (χ1) is 13.4. The molecule has 2 heterocycles. The molecule has 0 unspecified atom stereocenters. The van der Waals surface area contributed by atoms with Gasteiger partial charge in [-0.15, -0.1) is 0 Å². The second-order valence-electron chi connectivity index (χ2n) is 6.46. The molecule has 0 amide bonds. The molecule has 3 rings (SSSR count). The van der Waals surface area contributed by atoms with E-state index in [0.29, 0.717) is 28.4 Å². The molecule has 0 fully saturated rings. The Bertz CT molecular complexity index is 1160. The number of fused-ring (bicyclic) bond motifs is 1. The van der Waals surface area contributed by atoms with E-state index in [-0.39, 0.29) is 18.6 Å². The van der Waals surface area contributed by atoms with E-state index in [1.165, 1.54) is 0 Å². The highest BCUT2D eigenvalue weighted by Gasteiger charge is 2.14. The SMILES string of the molecule is Cc1[nH]c(=O)c(C#N)c(C)c1CCC(=O)OCc1cc2ccccc2nc1Cl. The summed E-state index contributed by atoms with van der Waals surface area (Å²) in [5.41, 5.74) is 3.09. The maximum Gasteiger partial charge on any atom is 0.306 e. The third-order valence-electron chi connectivity index (χ3n) is 4.64. The van der Waals surface area contributed by atoms with Crippen LogP contribution < -0.4 is 5.56 Å². The van der Waals surface area contributed by atoms with Crippen LogP contribution in [0.5, 0.6) is 0 Å². The molecule has 0 saturated carbocycles. The Hall–Kier alpha value is -3.17. The number of nitrogens with one attached hydrogen (secondary N) is 1. The van der Waals surface area contributed by atoms with Gasteiger partial charge in [0.2, 0.25) is 0 Å². The van der Waals surface area contributed by atoms with Crippen LogP contribution in [0.1, 0.15) is 34.4 Å². The van der Waals surface area contributed by atoms with Crippen LogP contribution in [-0.2, 0) is 22.6 Å². The number of carbonyl (C=O) groups is 1. The van der Waals surface area contributed by atoms with Crippen molar-refractivity contribution in [1.29, 1.82) is 5.26 Å². The van der Waals surface area contributed by atoms with E-state index < -0.39 is 11.5 Å². The second kappa shape index (κ2) is 8.24. The lowest BCUT2D eigenvalue weighted by Gasteiger charge is -2.11. The summed E-state index contributed by atoms with van der Waals surface area (Å²) >= 11 is 6.18. The molecule has 0 spiro atoms. The molecule has 0 saturated heterocycles. The van der Waals surface area contributed by atoms with Crippen LogP contribution in [0.3, 0.4) is 0 Å². The number of aromatic nitrogens is 2. The van der Waals surface area contributed by atoms with Crippen LogP contribution in [0.25, 0.3) is 10.9 Å². The summed E-state index contributed by atoms with van der Waals surface area (Å²) in [5.74, 6) is -0.396. The molecular formula is C21H18ClN3O3. The predicted octanol–water partition coefficient (Wildman–Crippen LogP) is 3.74. The van der Waals surface area contributed by atoms with Crippen LogP contribution in [0, 0.1) is 25.2 Å². The number of halogens is 1. The predicted molar refractivity (Wildman–Crippen MR) is 106 cm³/mol. The highest BCUT2D eigenvalue weighted by Crippen LogP contribution is 2.21. The molecule has 6 nitrogen and oxygen atoms in total. The van der Waals surface area contributed by atoms with Crippen molar-refractivity contribution in [3.63, 3.8) is 0 Å². The first-order valence-electron chi connectivity index (χ1n) is 8.73. The topological polar surface area (TPSA) is 95.8 Å². The number of nitrogens with zero attached hydrogens (tertiary/aromatic N) is 2. The number of H-pyrrole nitrogens is 1. The van der Waals surface area contributed by atoms with Crippen LogP contribution in [0.15, 0.2) is 35.1 Å². The van der Waals surface area contributed by atoms with Gasteiger partial charge in [0.15, 0.2) is 0 Å². The van der Waals surface area contributed by atoms with Crippen LogP contribution in [-0.4, -0.2) is 15.9 Å². The normalized spacial score (nSPS) is 10.6. The summed E-state index contributed by atoms with van der Waals surface area (Å²) in [6.45, 7) is 3.49. The molecule has 0 aliphatic carbocycles. The van der Waals surface area contributed by atoms with Gasteiger partial charge < -0.3 is 9.72 Å². The Morgan fingerprint density at radius 3 is 2.82 bits per heavy atom. The zero-order chi connectivity index (χ0) is 20.3. The Labute approximate surface area is 166 Å². The molecule has 0 aliphatic rings. The van der Waals surface area contributed by atoms with Crippen molar-refractivity contribution in [3.05, 3.63) is 73.8 Å². The van der Waals surface area contributed by atoms with Gasteiger partial charge in [-0.1, -0.05) is 29.8 Å². The van der Waals surface area contributed by atoms with Crippen molar-refractivity contribution in [2.45, 2.75) is 33.3 Å². The smallest absolute Gasteiger partial charge is 0.306 e. The van der Waals surface area contributed by atoms with E-state index in [1.807, 2.05) is 36.4 Å². The van der Waals surface area contributed by atoms with Crippen molar-refractivity contribution >= 4 is 28.5 Å². The Morgan fingerprint density at radius 2 is 2.07 bits per heavy atom. The molecule has 0 atom stereocenters. The minimum absolute atomic E-state index is 0.0303. The molecule has 0 radical (unpaired) electrons. The molecule has 0 bridgehead atoms. The average Bonchev–Trinajstić information content (AvgIpc) is 2.66. The average molecular weight is 396 g/mol. The fourth-order valence-electron chi connectivity index (χ4n) is 3.12. The molecule has 1 N–H and O–H groups in total. The van der Waals surface area contributed by atoms with Gasteiger partial charge >= 0.3 is 5.97 Å². The molecule has 2 aromatic heterocycles. The van der Waals surface area contributed by atoms with Crippen molar-refractivity contribution in [2.24, 2.45) is 0 Å². The summed E-state index contributed by atoms with van der Waals surface area (Å²) in [4.78, 5) is 30.9. The summed E-state index contributed by atoms with van der Waals surface area (Å²) in [7, 11) is 0. The number of benzene rings is 1. The van der Waals surface area contributed by atoms with Crippen LogP contribution >= 0.6 is 11.6 Å². The number of aromatic amines is 1. The third kappa shape index (κ3) is 4.05. The number of carbonyl (C=O) groups excluding carboxylic acids is 1. The van der Waals surface area contributed by atoms with Crippen LogP contribution in [0.2, 0.25) is 5.15 Å². The monoisotopic (exact) mass is 395 g/mol. The summed E-state index contributed by atoms with van der Waals surface area (Å²) < 4.78 is 5.34. The van der Waals surface area contributed by atoms with E-state index in [2.05, 4.69) is 9.97 Å². The molecule has 28 heavy (non-hydrogen) atoms. The van der Waals surface area contributed by atoms with Gasteiger partial charge in [0.1, 0.15) is 23.4 Å². The van der Waals surface area contributed by atoms with Gasteiger partial charge in [0.25, 0.3) is 5.56 Å². The Kier molecular flexibility index (Phi) is 5.76. The standard InChI is InChI=1S/C21H18ClN3O3/c1-12-16(13(2)24-21(27)17(12)10-23)7-8-19(26)28-11-15-9-14-5-3-4-6-18(14)25-20(15)22/h3-6,9H,7-8,11H2,1-2H3,(H,24,27). The quantitative estimate of drug-likeness (QED) is 0.524. The molecule has 142 valence electrons. The minimum atomic E-state index is -0.415. The molecule has 7 heteroatoms. The second-order valence-corrected chi connectivity index (χ2v) is 6.82. The number of aryl methyl sites for hydroxylation is 1. The third-order valence-corrected chi connectivity index (χ3v) is 4.97. The van der Waals surface area contributed by atoms with E-state index in [9.17, 15) is 9.59 Å². The van der Waals surface area contributed by atoms with Gasteiger partial charge in [-0.3, -0.25) is 9.59 Å². The first kappa shape index (κ1) is 19.6. The van der Waals surface area contributed by atoms with Gasteiger partial charge in [0, 0.05) is 23.1 Å². The largest absolute Gasteiger partial charge is 0.461 e. The van der Waals surface area contributed by atoms with Crippen molar-refractivity contribution in [3.8, 4) is 6.07 Å². The van der Waals surface area contributed by atoms with Crippen LogP contribution in [0.4, 0.5) is 0 Å². The highest BCUT2D eigenvalue weighted by atomic mass is 35.5. The Morgan fingerprint density at radius 1 is 1.32 bits per heavy atom. The van der Waals surface area contributed by atoms with Gasteiger partial charge in [0.05, 0.1) is 5.52 Å². The number of hydrogen-bond donors (Lipinski definition) is 1. The molecule has 0 aliphatic heterocycles. The number of para-hydroxylation sites is 1. The molecule has 3 aromatic rings. The zero-order valence-corrected chi connectivity index (χ0v) is 16.3. The number of nitriles is 1. The number of hydrogen-bond acceptors (Lipinski definition) is 5. The first-order valence-corrected chi connectivity index (χ1v) is 9.10. The van der Waals surface area contributed by atoms with E-state index in [4.69, 9.17) is 21.6 Å². The minimum Gasteiger partial charge on any atom is -0.461 e. The maximum atomic E-state index is 12.2. The van der Waals surface area contributed by atoms with Crippen molar-refractivity contribution < 1.29 is 9.53 Å². The van der Waals surface area contributed by atoms with E-state index in [0.717, 1.165) is 16.5 Å². The lowest BCUT2D eigenvalue weighted by molar-refractivity contribution is -0.144. The number of pyridine rings is 2. The van der Waals surface area contributed by atoms with Crippen molar-refractivity contribution in [2.75, 3.05) is 0 Å². The van der Waals surface area contributed by atoms with E-state index in [1.54, 1.807) is 13.8 Å². The highest BCUT2D eigenvalue weighted by molar-refractivity contribution is 6.30. The van der Waals surface area contributed by atoms with Gasteiger partial charge in [-0.25, -0.2) is 4.98 Å². The van der Waals surface area contributed by atoms with Gasteiger partial charge in [-0.2, -0.15) is 5.26 Å². The van der Waals surface area contributed by atoms with Gasteiger partial charge in [-0.05, 0) is 43.5 Å². The van der Waals surface area contributed by atoms with E-state index >= 15 is 0 Å². The lowest BCUT2D eigenvalue weighted by atomic mass is 9.99. The lowest BCUT2D eigenvalue weighted by Crippen LogP contribution is -2.17. The molecule has 1 aromatic carbocycles.